The summed E-state index contributed by atoms with van der Waals surface area (Å²) in [5.41, 5.74) is 0.904. The van der Waals surface area contributed by atoms with E-state index in [1.807, 2.05) is 24.3 Å². The van der Waals surface area contributed by atoms with Crippen LogP contribution < -0.4 is 10.2 Å². The predicted octanol–water partition coefficient (Wildman–Crippen LogP) is 4.96. The molecule has 156 valence electrons. The molecule has 3 aromatic rings. The Hall–Kier alpha value is -3.29. The average Bonchev–Trinajstić information content (AvgIpc) is 2.91. The zero-order valence-electron chi connectivity index (χ0n) is 16.0. The van der Waals surface area contributed by atoms with Crippen LogP contribution in [0.2, 0.25) is 0 Å². The van der Waals surface area contributed by atoms with E-state index >= 15 is 0 Å². The number of phenols is 1. The minimum atomic E-state index is -2.76. The van der Waals surface area contributed by atoms with Crippen LogP contribution in [0.1, 0.15) is 29.6 Å². The molecule has 2 aromatic carbocycles. The third kappa shape index (κ3) is 4.03. The molecule has 0 spiro atoms. The number of amides is 1. The van der Waals surface area contributed by atoms with Gasteiger partial charge in [0.15, 0.2) is 11.6 Å². The molecule has 1 fully saturated rings. The van der Waals surface area contributed by atoms with Gasteiger partial charge in [-0.3, -0.25) is 9.78 Å². The summed E-state index contributed by atoms with van der Waals surface area (Å²) in [6.45, 7) is 0.297. The van der Waals surface area contributed by atoms with Crippen molar-refractivity contribution in [3.63, 3.8) is 0 Å². The maximum Gasteiger partial charge on any atom is 0.257 e. The number of pyridine rings is 1. The number of fused-ring (bicyclic) bond motifs is 1. The number of phenolic OH excluding ortho intramolecular Hbond substituents is 1. The van der Waals surface area contributed by atoms with Crippen LogP contribution in [-0.4, -0.2) is 35.0 Å². The molecule has 0 bridgehead atoms. The van der Waals surface area contributed by atoms with E-state index in [9.17, 15) is 23.1 Å². The normalized spacial score (nSPS) is 16.3. The van der Waals surface area contributed by atoms with Gasteiger partial charge in [-0.1, -0.05) is 18.2 Å². The molecule has 1 saturated heterocycles. The lowest BCUT2D eigenvalue weighted by atomic mass is 10.1. The molecule has 1 aromatic heterocycles. The Kier molecular flexibility index (Phi) is 5.24. The highest BCUT2D eigenvalue weighted by Gasteiger charge is 2.32. The summed E-state index contributed by atoms with van der Waals surface area (Å²) in [6.07, 6.45) is 1.03. The largest absolute Gasteiger partial charge is 0.503 e. The number of nitrogens with zero attached hydrogens (tertiary/aromatic N) is 2. The number of carbonyl (C=O) groups excluding carboxylic acids is 1. The summed E-state index contributed by atoms with van der Waals surface area (Å²) in [6, 6.07) is 11.7. The summed E-state index contributed by atoms with van der Waals surface area (Å²) in [4.78, 5) is 18.3. The van der Waals surface area contributed by atoms with E-state index in [0.717, 1.165) is 10.9 Å². The van der Waals surface area contributed by atoms with E-state index < -0.39 is 23.4 Å². The van der Waals surface area contributed by atoms with Crippen molar-refractivity contribution in [2.45, 2.75) is 25.2 Å². The summed E-state index contributed by atoms with van der Waals surface area (Å²) in [7, 11) is 0. The molecule has 2 N–H and O–H groups in total. The van der Waals surface area contributed by atoms with Crippen molar-refractivity contribution in [2.75, 3.05) is 23.3 Å². The topological polar surface area (TPSA) is 65.5 Å². The minimum Gasteiger partial charge on any atom is -0.503 e. The van der Waals surface area contributed by atoms with Gasteiger partial charge in [-0.25, -0.2) is 13.2 Å². The van der Waals surface area contributed by atoms with Crippen LogP contribution in [0.25, 0.3) is 10.9 Å². The fraction of sp³-hybridized carbons (Fsp3) is 0.273. The van der Waals surface area contributed by atoms with Gasteiger partial charge >= 0.3 is 0 Å². The number of rotatable bonds is 3. The van der Waals surface area contributed by atoms with Crippen LogP contribution in [0.5, 0.6) is 5.75 Å². The van der Waals surface area contributed by atoms with Gasteiger partial charge in [0.2, 0.25) is 5.92 Å². The molecular weight excluding hydrogens is 395 g/mol. The van der Waals surface area contributed by atoms with Gasteiger partial charge in [-0.15, -0.1) is 0 Å². The van der Waals surface area contributed by atoms with E-state index in [1.165, 1.54) is 23.2 Å². The van der Waals surface area contributed by atoms with Gasteiger partial charge in [-0.2, -0.15) is 0 Å². The van der Waals surface area contributed by atoms with Crippen molar-refractivity contribution in [1.82, 2.24) is 4.98 Å². The second-order valence-corrected chi connectivity index (χ2v) is 7.36. The van der Waals surface area contributed by atoms with Crippen LogP contribution in [0.4, 0.5) is 24.5 Å². The van der Waals surface area contributed by atoms with E-state index in [1.54, 1.807) is 6.07 Å². The predicted molar refractivity (Wildman–Crippen MR) is 109 cm³/mol. The van der Waals surface area contributed by atoms with Crippen molar-refractivity contribution < 1.29 is 23.1 Å². The number of alkyl halides is 2. The number of para-hydroxylation sites is 1. The van der Waals surface area contributed by atoms with Crippen LogP contribution in [0, 0.1) is 5.82 Å². The number of halogens is 3. The van der Waals surface area contributed by atoms with Gasteiger partial charge in [0, 0.05) is 37.5 Å². The molecule has 1 aliphatic heterocycles. The molecule has 30 heavy (non-hydrogen) atoms. The Bertz CT molecular complexity index is 1100. The second kappa shape index (κ2) is 7.85. The maximum absolute atomic E-state index is 14.7. The Balaban J connectivity index is 1.55. The van der Waals surface area contributed by atoms with Crippen LogP contribution in [-0.2, 0) is 0 Å². The van der Waals surface area contributed by atoms with Crippen LogP contribution in [0.15, 0.2) is 48.7 Å². The SMILES string of the molecule is O=C(Nc1ccc(N2CCCC(F)(F)CC2)c(O)c1F)c1cnc2ccccc2c1. The highest BCUT2D eigenvalue weighted by Crippen LogP contribution is 2.37. The molecule has 4 rings (SSSR count). The molecule has 0 radical (unpaired) electrons. The smallest absolute Gasteiger partial charge is 0.257 e. The molecule has 2 heterocycles. The first-order chi connectivity index (χ1) is 14.3. The van der Waals surface area contributed by atoms with Crippen LogP contribution >= 0.6 is 0 Å². The summed E-state index contributed by atoms with van der Waals surface area (Å²) in [5.74, 6) is -5.01. The number of hydrogen-bond acceptors (Lipinski definition) is 4. The number of aromatic hydroxyl groups is 1. The van der Waals surface area contributed by atoms with Gasteiger partial charge in [0.1, 0.15) is 0 Å². The molecule has 8 heteroatoms. The molecule has 1 amide bonds. The molecular formula is C22H20F3N3O2. The average molecular weight is 415 g/mol. The van der Waals surface area contributed by atoms with Gasteiger partial charge in [0.25, 0.3) is 5.91 Å². The zero-order valence-corrected chi connectivity index (χ0v) is 16.0. The van der Waals surface area contributed by atoms with Gasteiger partial charge < -0.3 is 15.3 Å². The van der Waals surface area contributed by atoms with E-state index in [4.69, 9.17) is 0 Å². The third-order valence-corrected chi connectivity index (χ3v) is 5.25. The first-order valence-corrected chi connectivity index (χ1v) is 9.64. The lowest BCUT2D eigenvalue weighted by molar-refractivity contribution is -0.0102. The highest BCUT2D eigenvalue weighted by molar-refractivity contribution is 6.06. The fourth-order valence-electron chi connectivity index (χ4n) is 3.60. The molecule has 0 aliphatic carbocycles. The number of carbonyl (C=O) groups is 1. The molecule has 5 nitrogen and oxygen atoms in total. The Morgan fingerprint density at radius 3 is 2.77 bits per heavy atom. The van der Waals surface area contributed by atoms with Crippen molar-refractivity contribution in [1.29, 1.82) is 0 Å². The summed E-state index contributed by atoms with van der Waals surface area (Å²) in [5, 5.41) is 13.5. The van der Waals surface area contributed by atoms with E-state index in [2.05, 4.69) is 10.3 Å². The van der Waals surface area contributed by atoms with E-state index in [0.29, 0.717) is 0 Å². The lowest BCUT2D eigenvalue weighted by Gasteiger charge is -2.24. The number of benzene rings is 2. The number of aromatic nitrogens is 1. The van der Waals surface area contributed by atoms with Crippen molar-refractivity contribution in [3.8, 4) is 5.75 Å². The lowest BCUT2D eigenvalue weighted by Crippen LogP contribution is -2.26. The van der Waals surface area contributed by atoms with Gasteiger partial charge in [0.05, 0.1) is 22.5 Å². The first kappa shape index (κ1) is 20.0. The summed E-state index contributed by atoms with van der Waals surface area (Å²) >= 11 is 0. The Morgan fingerprint density at radius 1 is 1.13 bits per heavy atom. The zero-order chi connectivity index (χ0) is 21.3. The molecule has 0 unspecified atom stereocenters. The number of anilines is 2. The first-order valence-electron chi connectivity index (χ1n) is 9.64. The van der Waals surface area contributed by atoms with Crippen molar-refractivity contribution in [3.05, 3.63) is 60.0 Å². The second-order valence-electron chi connectivity index (χ2n) is 7.36. The molecule has 1 aliphatic rings. The number of hydrogen-bond donors (Lipinski definition) is 2. The number of nitrogens with one attached hydrogen (secondary N) is 1. The summed E-state index contributed by atoms with van der Waals surface area (Å²) < 4.78 is 41.9. The van der Waals surface area contributed by atoms with Crippen molar-refractivity contribution >= 4 is 28.2 Å². The highest BCUT2D eigenvalue weighted by atomic mass is 19.3. The van der Waals surface area contributed by atoms with Crippen LogP contribution in [0.3, 0.4) is 0 Å². The minimum absolute atomic E-state index is 0.00840. The molecule has 0 atom stereocenters. The quantitative estimate of drug-likeness (QED) is 0.635. The molecule has 0 saturated carbocycles. The third-order valence-electron chi connectivity index (χ3n) is 5.25. The van der Waals surface area contributed by atoms with Crippen molar-refractivity contribution in [2.24, 2.45) is 0 Å². The monoisotopic (exact) mass is 415 g/mol. The standard InChI is InChI=1S/C22H20F3N3O2/c23-19-17(27-21(30)15-12-14-4-1-2-5-16(14)26-13-15)6-7-18(20(19)29)28-10-3-8-22(24,25)9-11-28/h1-2,4-7,12-13,29H,3,8-11H2,(H,27,30). The fourth-order valence-corrected chi connectivity index (χ4v) is 3.60. The van der Waals surface area contributed by atoms with Gasteiger partial charge in [-0.05, 0) is 30.7 Å². The maximum atomic E-state index is 14.7. The Morgan fingerprint density at radius 2 is 1.93 bits per heavy atom. The van der Waals surface area contributed by atoms with E-state index in [-0.39, 0.29) is 49.3 Å². The Labute approximate surface area is 171 Å².